The average Bonchev–Trinajstić information content (AvgIpc) is 2.58. The lowest BCUT2D eigenvalue weighted by molar-refractivity contribution is 0.350. The number of halogens is 1. The lowest BCUT2D eigenvalue weighted by Crippen LogP contribution is -2.21. The molecule has 1 aliphatic heterocycles. The van der Waals surface area contributed by atoms with E-state index in [1.54, 1.807) is 0 Å². The van der Waals surface area contributed by atoms with Crippen LogP contribution in [0.4, 0.5) is 5.69 Å². The van der Waals surface area contributed by atoms with Crippen LogP contribution in [0.1, 0.15) is 0 Å². The van der Waals surface area contributed by atoms with Crippen molar-refractivity contribution in [1.82, 2.24) is 0 Å². The lowest BCUT2D eigenvalue weighted by atomic mass is 10.3. The standard InChI is InChI=1S/C10H8INO/c11-6-3-7-12-8-13-10-5-2-1-4-9(10)12/h1-2,4-5H,7-8H2. The minimum Gasteiger partial charge on any atom is -0.471 e. The number of rotatable bonds is 1. The van der Waals surface area contributed by atoms with Crippen LogP contribution < -0.4 is 9.64 Å². The Morgan fingerprint density at radius 1 is 1.46 bits per heavy atom. The molecule has 0 atom stereocenters. The number of nitrogens with zero attached hydrogens (tertiary/aromatic N) is 1. The summed E-state index contributed by atoms with van der Waals surface area (Å²) in [5.41, 5.74) is 1.14. The summed E-state index contributed by atoms with van der Waals surface area (Å²) >= 11 is 2.04. The quantitative estimate of drug-likeness (QED) is 0.579. The van der Waals surface area contributed by atoms with Crippen molar-refractivity contribution in [3.05, 3.63) is 24.3 Å². The van der Waals surface area contributed by atoms with E-state index < -0.39 is 0 Å². The highest BCUT2D eigenvalue weighted by atomic mass is 127. The van der Waals surface area contributed by atoms with Gasteiger partial charge in [0.2, 0.25) is 0 Å². The highest BCUT2D eigenvalue weighted by Crippen LogP contribution is 2.32. The molecular formula is C10H8INO. The molecule has 0 radical (unpaired) electrons. The molecule has 0 bridgehead atoms. The van der Waals surface area contributed by atoms with Gasteiger partial charge in [-0.05, 0) is 16.1 Å². The first-order valence-electron chi connectivity index (χ1n) is 3.97. The van der Waals surface area contributed by atoms with E-state index in [4.69, 9.17) is 4.74 Å². The molecule has 1 aromatic carbocycles. The van der Waals surface area contributed by atoms with Crippen LogP contribution in [-0.2, 0) is 0 Å². The molecule has 1 aliphatic rings. The molecule has 66 valence electrons. The first kappa shape index (κ1) is 8.70. The summed E-state index contributed by atoms with van der Waals surface area (Å²) < 4.78 is 8.31. The second kappa shape index (κ2) is 3.88. The van der Waals surface area contributed by atoms with Crippen molar-refractivity contribution in [3.63, 3.8) is 0 Å². The van der Waals surface area contributed by atoms with Gasteiger partial charge in [0, 0.05) is 22.6 Å². The van der Waals surface area contributed by atoms with Gasteiger partial charge in [0.1, 0.15) is 5.75 Å². The number of hydrogen-bond acceptors (Lipinski definition) is 2. The van der Waals surface area contributed by atoms with E-state index in [0.717, 1.165) is 18.0 Å². The molecule has 0 amide bonds. The predicted octanol–water partition coefficient (Wildman–Crippen LogP) is 2.24. The molecule has 0 unspecified atom stereocenters. The smallest absolute Gasteiger partial charge is 0.162 e. The highest BCUT2D eigenvalue weighted by molar-refractivity contribution is 14.1. The summed E-state index contributed by atoms with van der Waals surface area (Å²) in [6, 6.07) is 8.02. The summed E-state index contributed by atoms with van der Waals surface area (Å²) in [6.45, 7) is 1.35. The van der Waals surface area contributed by atoms with Crippen LogP contribution in [0.5, 0.6) is 5.75 Å². The van der Waals surface area contributed by atoms with Crippen LogP contribution in [0.3, 0.4) is 0 Å². The second-order valence-electron chi connectivity index (χ2n) is 2.71. The SMILES string of the molecule is IC#CCN1COc2ccccc21. The summed E-state index contributed by atoms with van der Waals surface area (Å²) in [4.78, 5) is 2.11. The van der Waals surface area contributed by atoms with E-state index in [9.17, 15) is 0 Å². The molecule has 0 aliphatic carbocycles. The molecule has 0 saturated carbocycles. The van der Waals surface area contributed by atoms with E-state index in [1.807, 2.05) is 40.8 Å². The number of fused-ring (bicyclic) bond motifs is 1. The van der Waals surface area contributed by atoms with E-state index in [-0.39, 0.29) is 0 Å². The summed E-state index contributed by atoms with van der Waals surface area (Å²) in [5, 5.41) is 0. The van der Waals surface area contributed by atoms with Crippen LogP contribution in [0.25, 0.3) is 0 Å². The molecule has 13 heavy (non-hydrogen) atoms. The zero-order chi connectivity index (χ0) is 9.10. The monoisotopic (exact) mass is 285 g/mol. The lowest BCUT2D eigenvalue weighted by Gasteiger charge is -2.11. The van der Waals surface area contributed by atoms with Gasteiger partial charge < -0.3 is 9.64 Å². The van der Waals surface area contributed by atoms with Crippen molar-refractivity contribution in [2.24, 2.45) is 0 Å². The average molecular weight is 285 g/mol. The first-order chi connectivity index (χ1) is 6.42. The van der Waals surface area contributed by atoms with Crippen LogP contribution >= 0.6 is 22.6 Å². The third-order valence-corrected chi connectivity index (χ3v) is 2.30. The maximum atomic E-state index is 5.46. The Balaban J connectivity index is 2.21. The molecular weight excluding hydrogens is 277 g/mol. The highest BCUT2D eigenvalue weighted by Gasteiger charge is 2.17. The van der Waals surface area contributed by atoms with Gasteiger partial charge in [0.05, 0.1) is 12.2 Å². The van der Waals surface area contributed by atoms with Crippen molar-refractivity contribution in [3.8, 4) is 15.6 Å². The predicted molar refractivity (Wildman–Crippen MR) is 61.1 cm³/mol. The Morgan fingerprint density at radius 2 is 2.31 bits per heavy atom. The van der Waals surface area contributed by atoms with E-state index in [0.29, 0.717) is 6.73 Å². The van der Waals surface area contributed by atoms with Crippen LogP contribution in [-0.4, -0.2) is 13.3 Å². The van der Waals surface area contributed by atoms with Crippen LogP contribution in [0, 0.1) is 9.85 Å². The molecule has 3 heteroatoms. The Bertz CT molecular complexity index is 367. The van der Waals surface area contributed by atoms with Crippen molar-refractivity contribution in [2.75, 3.05) is 18.2 Å². The molecule has 0 fully saturated rings. The molecule has 2 nitrogen and oxygen atoms in total. The summed E-state index contributed by atoms with van der Waals surface area (Å²) in [7, 11) is 0. The third kappa shape index (κ3) is 1.73. The summed E-state index contributed by atoms with van der Waals surface area (Å²) in [6.07, 6.45) is 0. The number of ether oxygens (including phenoxy) is 1. The Hall–Kier alpha value is -0.890. The van der Waals surface area contributed by atoms with E-state index >= 15 is 0 Å². The molecule has 2 rings (SSSR count). The fraction of sp³-hybridized carbons (Fsp3) is 0.200. The Kier molecular flexibility index (Phi) is 2.60. The topological polar surface area (TPSA) is 12.5 Å². The molecule has 1 aromatic rings. The molecule has 1 heterocycles. The number of para-hydroxylation sites is 2. The van der Waals surface area contributed by atoms with E-state index in [2.05, 4.69) is 20.8 Å². The van der Waals surface area contributed by atoms with Gasteiger partial charge in [-0.2, -0.15) is 0 Å². The fourth-order valence-corrected chi connectivity index (χ4v) is 1.48. The first-order valence-corrected chi connectivity index (χ1v) is 5.05. The van der Waals surface area contributed by atoms with Crippen LogP contribution in [0.2, 0.25) is 0 Å². The van der Waals surface area contributed by atoms with Gasteiger partial charge in [-0.25, -0.2) is 0 Å². The van der Waals surface area contributed by atoms with Gasteiger partial charge in [0.15, 0.2) is 6.73 Å². The maximum absolute atomic E-state index is 5.46. The zero-order valence-corrected chi connectivity index (χ0v) is 9.11. The Labute approximate surface area is 91.0 Å². The second-order valence-corrected chi connectivity index (χ2v) is 3.25. The maximum Gasteiger partial charge on any atom is 0.162 e. The third-order valence-electron chi connectivity index (χ3n) is 1.92. The normalized spacial score (nSPS) is 12.8. The van der Waals surface area contributed by atoms with Crippen LogP contribution in [0.15, 0.2) is 24.3 Å². The number of anilines is 1. The van der Waals surface area contributed by atoms with Gasteiger partial charge in [-0.15, -0.1) is 0 Å². The molecule has 0 N–H and O–H groups in total. The number of hydrogen-bond donors (Lipinski definition) is 0. The van der Waals surface area contributed by atoms with Gasteiger partial charge in [-0.1, -0.05) is 18.1 Å². The zero-order valence-electron chi connectivity index (χ0n) is 6.96. The van der Waals surface area contributed by atoms with Gasteiger partial charge in [-0.3, -0.25) is 0 Å². The van der Waals surface area contributed by atoms with Crippen molar-refractivity contribution >= 4 is 28.3 Å². The van der Waals surface area contributed by atoms with E-state index in [1.165, 1.54) is 0 Å². The summed E-state index contributed by atoms with van der Waals surface area (Å²) in [5.74, 6) is 3.97. The molecule has 0 saturated heterocycles. The number of benzene rings is 1. The minimum absolute atomic E-state index is 0.616. The minimum atomic E-state index is 0.616. The van der Waals surface area contributed by atoms with Crippen molar-refractivity contribution < 1.29 is 4.74 Å². The Morgan fingerprint density at radius 3 is 3.15 bits per heavy atom. The molecule has 0 spiro atoms. The van der Waals surface area contributed by atoms with Crippen molar-refractivity contribution in [2.45, 2.75) is 0 Å². The van der Waals surface area contributed by atoms with Crippen molar-refractivity contribution in [1.29, 1.82) is 0 Å². The molecule has 0 aromatic heterocycles. The largest absolute Gasteiger partial charge is 0.471 e. The fourth-order valence-electron chi connectivity index (χ4n) is 1.31. The van der Waals surface area contributed by atoms with Gasteiger partial charge >= 0.3 is 0 Å². The van der Waals surface area contributed by atoms with Gasteiger partial charge in [0.25, 0.3) is 0 Å².